The molecule has 182 valence electrons. The number of benzene rings is 2. The molecule has 35 heavy (non-hydrogen) atoms. The Kier molecular flexibility index (Phi) is 5.33. The number of ether oxygens (including phenoxy) is 2. The summed E-state index contributed by atoms with van der Waals surface area (Å²) in [5, 5.41) is 11.7. The van der Waals surface area contributed by atoms with Crippen LogP contribution in [0.5, 0.6) is 11.5 Å². The molecule has 1 atom stereocenters. The van der Waals surface area contributed by atoms with Crippen LogP contribution in [0.15, 0.2) is 52.4 Å². The second-order valence-corrected chi connectivity index (χ2v) is 12.0. The van der Waals surface area contributed by atoms with Gasteiger partial charge in [0.05, 0.1) is 20.1 Å². The van der Waals surface area contributed by atoms with Crippen molar-refractivity contribution in [1.29, 1.82) is 0 Å². The van der Waals surface area contributed by atoms with Crippen molar-refractivity contribution < 1.29 is 27.8 Å². The number of hydrogen-bond donors (Lipinski definition) is 1. The van der Waals surface area contributed by atoms with Crippen LogP contribution in [0.1, 0.15) is 16.7 Å². The lowest BCUT2D eigenvalue weighted by molar-refractivity contribution is -0.139. The van der Waals surface area contributed by atoms with Gasteiger partial charge in [0.15, 0.2) is 17.6 Å². The maximum atomic E-state index is 13.3. The molecule has 0 unspecified atom stereocenters. The van der Waals surface area contributed by atoms with E-state index in [1.807, 2.05) is 19.1 Å². The van der Waals surface area contributed by atoms with E-state index in [1.54, 1.807) is 17.0 Å². The van der Waals surface area contributed by atoms with Gasteiger partial charge in [-0.2, -0.15) is 4.31 Å². The predicted octanol–water partition coefficient (Wildman–Crippen LogP) is 2.25. The first kappa shape index (κ1) is 22.5. The number of aliphatic hydroxyl groups excluding tert-OH is 1. The summed E-state index contributed by atoms with van der Waals surface area (Å²) >= 11 is 1.52. The monoisotopic (exact) mass is 513 g/mol. The maximum Gasteiger partial charge on any atom is 0.256 e. The number of amides is 1. The third kappa shape index (κ3) is 3.79. The van der Waals surface area contributed by atoms with Gasteiger partial charge in [-0.05, 0) is 36.3 Å². The first-order chi connectivity index (χ1) is 16.8. The van der Waals surface area contributed by atoms with E-state index in [2.05, 4.69) is 4.98 Å². The van der Waals surface area contributed by atoms with Crippen molar-refractivity contribution >= 4 is 37.5 Å². The van der Waals surface area contributed by atoms with Gasteiger partial charge in [0.1, 0.15) is 13.2 Å². The summed E-state index contributed by atoms with van der Waals surface area (Å²) in [6.07, 6.45) is -1.32. The summed E-state index contributed by atoms with van der Waals surface area (Å²) < 4.78 is 39.9. The third-order valence-corrected chi connectivity index (χ3v) is 9.27. The van der Waals surface area contributed by atoms with Crippen molar-refractivity contribution in [2.24, 2.45) is 0 Å². The number of nitrogens with zero attached hydrogens (tertiary/aromatic N) is 3. The number of rotatable bonds is 4. The zero-order chi connectivity index (χ0) is 24.3. The van der Waals surface area contributed by atoms with Crippen LogP contribution in [0.4, 0.5) is 0 Å². The molecule has 3 aliphatic heterocycles. The van der Waals surface area contributed by atoms with Crippen LogP contribution in [-0.2, 0) is 14.8 Å². The molecule has 0 saturated carbocycles. The number of carbonyl (C=O) groups is 1. The first-order valence-corrected chi connectivity index (χ1v) is 13.5. The maximum absolute atomic E-state index is 13.3. The number of carbonyl (C=O) groups excluding carboxylic acids is 1. The Balaban J connectivity index is 1.15. The number of aryl methyl sites for hydroxylation is 1. The van der Waals surface area contributed by atoms with E-state index in [4.69, 9.17) is 9.47 Å². The lowest BCUT2D eigenvalue weighted by Gasteiger charge is -2.25. The van der Waals surface area contributed by atoms with E-state index in [1.165, 1.54) is 27.8 Å². The Bertz CT molecular complexity index is 1480. The molecule has 0 radical (unpaired) electrons. The van der Waals surface area contributed by atoms with E-state index in [0.29, 0.717) is 48.9 Å². The standard InChI is InChI=1S/C24H23N3O6S2/c1-14-25-22-18(3-2-4-21(22)34-14)23(28)24(29)26-10-15-12-27(13-16(15)11-26)35(30,31)17-5-6-19-20(9-17)33-8-7-32-19/h2-6,9,23,28H,7-8,10-13H2,1H3/t23-/m0/s1. The van der Waals surface area contributed by atoms with Crippen LogP contribution in [0.25, 0.3) is 10.2 Å². The lowest BCUT2D eigenvalue weighted by Crippen LogP contribution is -2.38. The molecule has 4 heterocycles. The van der Waals surface area contributed by atoms with Gasteiger partial charge in [-0.1, -0.05) is 12.1 Å². The van der Waals surface area contributed by atoms with Gasteiger partial charge in [-0.3, -0.25) is 4.79 Å². The molecule has 0 bridgehead atoms. The van der Waals surface area contributed by atoms with Crippen molar-refractivity contribution in [2.45, 2.75) is 17.9 Å². The minimum Gasteiger partial charge on any atom is -0.486 e. The Morgan fingerprint density at radius 1 is 1.06 bits per heavy atom. The fourth-order valence-corrected chi connectivity index (χ4v) is 7.12. The van der Waals surface area contributed by atoms with Crippen LogP contribution in [-0.4, -0.2) is 73.0 Å². The number of para-hydroxylation sites is 1. The normalized spacial score (nSPS) is 18.9. The molecule has 0 fully saturated rings. The fraction of sp³-hybridized carbons (Fsp3) is 0.333. The van der Waals surface area contributed by atoms with Crippen molar-refractivity contribution in [2.75, 3.05) is 39.4 Å². The van der Waals surface area contributed by atoms with Crippen molar-refractivity contribution in [1.82, 2.24) is 14.2 Å². The Morgan fingerprint density at radius 3 is 2.51 bits per heavy atom. The highest BCUT2D eigenvalue weighted by atomic mass is 32.2. The van der Waals surface area contributed by atoms with Gasteiger partial charge in [-0.15, -0.1) is 11.3 Å². The molecular formula is C24H23N3O6S2. The first-order valence-electron chi connectivity index (χ1n) is 11.2. The molecule has 3 aliphatic rings. The highest BCUT2D eigenvalue weighted by Gasteiger charge is 2.39. The molecule has 1 N–H and O–H groups in total. The molecule has 0 spiro atoms. The van der Waals surface area contributed by atoms with Gasteiger partial charge in [0.25, 0.3) is 5.91 Å². The molecule has 1 aromatic heterocycles. The average molecular weight is 514 g/mol. The van der Waals surface area contributed by atoms with E-state index in [-0.39, 0.29) is 18.0 Å². The number of aliphatic hydroxyl groups is 1. The Morgan fingerprint density at radius 2 is 1.77 bits per heavy atom. The van der Waals surface area contributed by atoms with E-state index < -0.39 is 22.0 Å². The van der Waals surface area contributed by atoms with Gasteiger partial charge >= 0.3 is 0 Å². The molecule has 9 nitrogen and oxygen atoms in total. The third-order valence-electron chi connectivity index (χ3n) is 6.55. The summed E-state index contributed by atoms with van der Waals surface area (Å²) in [6, 6.07) is 10.1. The molecule has 2 aromatic carbocycles. The summed E-state index contributed by atoms with van der Waals surface area (Å²) in [5.41, 5.74) is 2.93. The number of aromatic nitrogens is 1. The second-order valence-electron chi connectivity index (χ2n) is 8.81. The number of fused-ring (bicyclic) bond motifs is 2. The molecule has 1 amide bonds. The molecule has 6 rings (SSSR count). The minimum absolute atomic E-state index is 0.151. The van der Waals surface area contributed by atoms with Crippen LogP contribution >= 0.6 is 11.3 Å². The van der Waals surface area contributed by atoms with Crippen LogP contribution in [0.3, 0.4) is 0 Å². The number of sulfonamides is 1. The summed E-state index contributed by atoms with van der Waals surface area (Å²) in [5.74, 6) is 0.556. The second kappa shape index (κ2) is 8.30. The molecule has 0 aliphatic carbocycles. The number of hydrogen-bond acceptors (Lipinski definition) is 8. The summed E-state index contributed by atoms with van der Waals surface area (Å²) in [6.45, 7) is 3.73. The Hall–Kier alpha value is -2.99. The van der Waals surface area contributed by atoms with E-state index in [0.717, 1.165) is 20.9 Å². The van der Waals surface area contributed by atoms with Gasteiger partial charge in [-0.25, -0.2) is 13.4 Å². The van der Waals surface area contributed by atoms with Crippen molar-refractivity contribution in [3.8, 4) is 11.5 Å². The lowest BCUT2D eigenvalue weighted by atomic mass is 10.1. The molecule has 3 aromatic rings. The van der Waals surface area contributed by atoms with Crippen molar-refractivity contribution in [3.63, 3.8) is 0 Å². The molecule has 11 heteroatoms. The van der Waals surface area contributed by atoms with Crippen LogP contribution in [0.2, 0.25) is 0 Å². The highest BCUT2D eigenvalue weighted by Crippen LogP contribution is 2.36. The topological polar surface area (TPSA) is 109 Å². The summed E-state index contributed by atoms with van der Waals surface area (Å²) in [4.78, 5) is 19.3. The molecule has 0 saturated heterocycles. The summed E-state index contributed by atoms with van der Waals surface area (Å²) in [7, 11) is -3.74. The zero-order valence-electron chi connectivity index (χ0n) is 18.9. The quantitative estimate of drug-likeness (QED) is 0.533. The van der Waals surface area contributed by atoms with Crippen LogP contribution in [0, 0.1) is 6.92 Å². The predicted molar refractivity (Wildman–Crippen MR) is 129 cm³/mol. The minimum atomic E-state index is -3.74. The van der Waals surface area contributed by atoms with E-state index in [9.17, 15) is 18.3 Å². The number of thiazole rings is 1. The van der Waals surface area contributed by atoms with Gasteiger partial charge in [0.2, 0.25) is 10.0 Å². The van der Waals surface area contributed by atoms with Gasteiger partial charge < -0.3 is 19.5 Å². The fourth-order valence-electron chi connectivity index (χ4n) is 4.81. The van der Waals surface area contributed by atoms with Crippen molar-refractivity contribution in [3.05, 3.63) is 58.1 Å². The molecular weight excluding hydrogens is 490 g/mol. The highest BCUT2D eigenvalue weighted by molar-refractivity contribution is 7.89. The zero-order valence-corrected chi connectivity index (χ0v) is 20.6. The van der Waals surface area contributed by atoms with Crippen LogP contribution < -0.4 is 9.47 Å². The largest absolute Gasteiger partial charge is 0.486 e. The average Bonchev–Trinajstić information content (AvgIpc) is 3.55. The smallest absolute Gasteiger partial charge is 0.256 e. The van der Waals surface area contributed by atoms with Gasteiger partial charge in [0, 0.05) is 37.8 Å². The SMILES string of the molecule is Cc1nc2c([C@H](O)C(=O)N3CC4=C(C3)CN(S(=O)(=O)c3ccc5c(c3)OCCO5)C4)cccc2s1. The van der Waals surface area contributed by atoms with E-state index >= 15 is 0 Å². The Labute approximate surface area is 206 Å².